The first-order valence-electron chi connectivity index (χ1n) is 6.82. The third-order valence-electron chi connectivity index (χ3n) is 3.88. The van der Waals surface area contributed by atoms with E-state index in [2.05, 4.69) is 34.2 Å². The lowest BCUT2D eigenvalue weighted by Crippen LogP contribution is -2.00. The lowest BCUT2D eigenvalue weighted by Gasteiger charge is -2.09. The van der Waals surface area contributed by atoms with Gasteiger partial charge in [0, 0.05) is 11.6 Å². The van der Waals surface area contributed by atoms with E-state index >= 15 is 0 Å². The number of rotatable bonds is 4. The van der Waals surface area contributed by atoms with Crippen LogP contribution in [0.2, 0.25) is 0 Å². The second-order valence-corrected chi connectivity index (χ2v) is 6.41. The molecule has 0 spiro atoms. The molecule has 0 radical (unpaired) electrons. The monoisotopic (exact) mass is 337 g/mol. The molecular formula is C16H17BrFNO. The molecule has 2 unspecified atom stereocenters. The number of nitrogens with one attached hydrogen (secondary N) is 1. The van der Waals surface area contributed by atoms with E-state index in [-0.39, 0.29) is 5.82 Å². The summed E-state index contributed by atoms with van der Waals surface area (Å²) in [7, 11) is 0. The van der Waals surface area contributed by atoms with Crippen molar-refractivity contribution in [2.45, 2.75) is 32.7 Å². The van der Waals surface area contributed by atoms with Crippen LogP contribution in [0.3, 0.4) is 0 Å². The van der Waals surface area contributed by atoms with E-state index in [0.29, 0.717) is 16.9 Å². The Labute approximate surface area is 126 Å². The van der Waals surface area contributed by atoms with Crippen molar-refractivity contribution in [3.63, 3.8) is 0 Å². The van der Waals surface area contributed by atoms with Gasteiger partial charge in [0.2, 0.25) is 0 Å². The fraction of sp³-hybridized carbons (Fsp3) is 0.375. The first-order chi connectivity index (χ1) is 9.54. The van der Waals surface area contributed by atoms with Crippen molar-refractivity contribution < 1.29 is 8.81 Å². The SMILES string of the molecule is Cc1cc(F)c(Br)cc1NCc1ccc(C2CC2C)o1. The summed E-state index contributed by atoms with van der Waals surface area (Å²) in [5, 5.41) is 3.29. The Kier molecular flexibility index (Phi) is 3.59. The normalized spacial score (nSPS) is 21.0. The Morgan fingerprint density at radius 3 is 2.85 bits per heavy atom. The number of hydrogen-bond donors (Lipinski definition) is 1. The van der Waals surface area contributed by atoms with Crippen LogP contribution in [0.5, 0.6) is 0 Å². The first kappa shape index (κ1) is 13.7. The van der Waals surface area contributed by atoms with Gasteiger partial charge in [0.05, 0.1) is 11.0 Å². The van der Waals surface area contributed by atoms with Gasteiger partial charge in [0.1, 0.15) is 17.3 Å². The zero-order valence-corrected chi connectivity index (χ0v) is 13.1. The number of anilines is 1. The minimum absolute atomic E-state index is 0.240. The molecule has 1 heterocycles. The topological polar surface area (TPSA) is 25.2 Å². The number of benzene rings is 1. The Morgan fingerprint density at radius 1 is 1.40 bits per heavy atom. The first-order valence-corrected chi connectivity index (χ1v) is 7.62. The fourth-order valence-electron chi connectivity index (χ4n) is 2.43. The highest BCUT2D eigenvalue weighted by molar-refractivity contribution is 9.10. The number of hydrogen-bond acceptors (Lipinski definition) is 2. The van der Waals surface area contributed by atoms with Crippen LogP contribution in [0.4, 0.5) is 10.1 Å². The van der Waals surface area contributed by atoms with Gasteiger partial charge in [-0.25, -0.2) is 4.39 Å². The molecule has 1 aliphatic rings. The van der Waals surface area contributed by atoms with Gasteiger partial charge in [-0.05, 0) is 65.0 Å². The van der Waals surface area contributed by atoms with Crippen LogP contribution in [-0.4, -0.2) is 0 Å². The number of furan rings is 1. The molecule has 2 atom stereocenters. The Morgan fingerprint density at radius 2 is 2.15 bits per heavy atom. The Balaban J connectivity index is 1.67. The minimum atomic E-state index is -0.240. The van der Waals surface area contributed by atoms with Gasteiger partial charge in [-0.2, -0.15) is 0 Å². The summed E-state index contributed by atoms with van der Waals surface area (Å²) >= 11 is 3.21. The smallest absolute Gasteiger partial charge is 0.137 e. The Bertz CT molecular complexity index is 637. The highest BCUT2D eigenvalue weighted by Gasteiger charge is 2.36. The number of aryl methyl sites for hydroxylation is 1. The molecule has 1 fully saturated rings. The lowest BCUT2D eigenvalue weighted by atomic mass is 10.2. The maximum absolute atomic E-state index is 13.4. The molecule has 1 saturated carbocycles. The van der Waals surface area contributed by atoms with Crippen LogP contribution in [0.15, 0.2) is 33.2 Å². The molecule has 0 aliphatic heterocycles. The minimum Gasteiger partial charge on any atom is -0.464 e. The van der Waals surface area contributed by atoms with E-state index in [1.54, 1.807) is 6.07 Å². The van der Waals surface area contributed by atoms with Crippen LogP contribution < -0.4 is 5.32 Å². The van der Waals surface area contributed by atoms with E-state index in [1.165, 1.54) is 12.5 Å². The second kappa shape index (κ2) is 5.24. The van der Waals surface area contributed by atoms with E-state index < -0.39 is 0 Å². The predicted molar refractivity (Wildman–Crippen MR) is 81.4 cm³/mol. The van der Waals surface area contributed by atoms with Crippen LogP contribution in [0, 0.1) is 18.7 Å². The van der Waals surface area contributed by atoms with E-state index in [1.807, 2.05) is 13.0 Å². The molecule has 1 aromatic heterocycles. The fourth-order valence-corrected chi connectivity index (χ4v) is 2.77. The molecule has 1 aliphatic carbocycles. The van der Waals surface area contributed by atoms with Gasteiger partial charge in [0.15, 0.2) is 0 Å². The van der Waals surface area contributed by atoms with Crippen molar-refractivity contribution in [2.24, 2.45) is 5.92 Å². The van der Waals surface area contributed by atoms with Crippen molar-refractivity contribution in [3.05, 3.63) is 51.6 Å². The third kappa shape index (κ3) is 2.75. The van der Waals surface area contributed by atoms with Gasteiger partial charge in [0.25, 0.3) is 0 Å². The summed E-state index contributed by atoms with van der Waals surface area (Å²) in [6, 6.07) is 7.36. The third-order valence-corrected chi connectivity index (χ3v) is 4.49. The molecule has 0 bridgehead atoms. The van der Waals surface area contributed by atoms with E-state index in [9.17, 15) is 4.39 Å². The summed E-state index contributed by atoms with van der Waals surface area (Å²) in [6.07, 6.45) is 1.23. The van der Waals surface area contributed by atoms with E-state index in [4.69, 9.17) is 4.42 Å². The predicted octanol–water partition coefficient (Wildman–Crippen LogP) is 5.23. The zero-order valence-electron chi connectivity index (χ0n) is 11.5. The summed E-state index contributed by atoms with van der Waals surface area (Å²) in [4.78, 5) is 0. The molecule has 0 amide bonds. The number of halogens is 2. The summed E-state index contributed by atoms with van der Waals surface area (Å²) in [6.45, 7) is 4.74. The van der Waals surface area contributed by atoms with Crippen LogP contribution in [0.1, 0.15) is 36.3 Å². The quantitative estimate of drug-likeness (QED) is 0.826. The van der Waals surface area contributed by atoms with Crippen LogP contribution >= 0.6 is 15.9 Å². The molecule has 1 N–H and O–H groups in total. The van der Waals surface area contributed by atoms with Crippen molar-refractivity contribution >= 4 is 21.6 Å². The van der Waals surface area contributed by atoms with Gasteiger partial charge in [-0.15, -0.1) is 0 Å². The molecule has 1 aromatic carbocycles. The lowest BCUT2D eigenvalue weighted by molar-refractivity contribution is 0.468. The van der Waals surface area contributed by atoms with Gasteiger partial charge in [-0.3, -0.25) is 0 Å². The van der Waals surface area contributed by atoms with Crippen molar-refractivity contribution in [2.75, 3.05) is 5.32 Å². The Hall–Kier alpha value is -1.29. The average Bonchev–Trinajstić information content (AvgIpc) is 2.96. The summed E-state index contributed by atoms with van der Waals surface area (Å²) < 4.78 is 19.7. The van der Waals surface area contributed by atoms with Gasteiger partial charge < -0.3 is 9.73 Å². The van der Waals surface area contributed by atoms with E-state index in [0.717, 1.165) is 28.7 Å². The molecule has 3 rings (SSSR count). The summed E-state index contributed by atoms with van der Waals surface area (Å²) in [5.41, 5.74) is 1.80. The highest BCUT2D eigenvalue weighted by Crippen LogP contribution is 2.47. The maximum Gasteiger partial charge on any atom is 0.137 e. The summed E-state index contributed by atoms with van der Waals surface area (Å²) in [5.74, 6) is 3.11. The second-order valence-electron chi connectivity index (χ2n) is 5.56. The van der Waals surface area contributed by atoms with Crippen molar-refractivity contribution in [3.8, 4) is 0 Å². The molecular weight excluding hydrogens is 321 g/mol. The van der Waals surface area contributed by atoms with Crippen molar-refractivity contribution in [1.82, 2.24) is 0 Å². The van der Waals surface area contributed by atoms with Gasteiger partial charge in [-0.1, -0.05) is 6.92 Å². The molecule has 2 nitrogen and oxygen atoms in total. The van der Waals surface area contributed by atoms with Crippen molar-refractivity contribution in [1.29, 1.82) is 0 Å². The molecule has 0 saturated heterocycles. The van der Waals surface area contributed by atoms with Gasteiger partial charge >= 0.3 is 0 Å². The van der Waals surface area contributed by atoms with Crippen LogP contribution in [0.25, 0.3) is 0 Å². The highest BCUT2D eigenvalue weighted by atomic mass is 79.9. The van der Waals surface area contributed by atoms with Crippen LogP contribution in [-0.2, 0) is 6.54 Å². The largest absolute Gasteiger partial charge is 0.464 e. The molecule has 106 valence electrons. The molecule has 4 heteroatoms. The zero-order chi connectivity index (χ0) is 14.3. The maximum atomic E-state index is 13.4. The standard InChI is InChI=1S/C16H17BrFNO/c1-9-5-12(9)16-4-3-11(20-16)8-19-15-7-13(17)14(18)6-10(15)2/h3-4,6-7,9,12,19H,5,8H2,1-2H3. The molecule has 2 aromatic rings. The molecule has 20 heavy (non-hydrogen) atoms. The average molecular weight is 338 g/mol.